The Labute approximate surface area is 181 Å². The normalized spacial score (nSPS) is 17.4. The number of nitrogens with zero attached hydrogens (tertiary/aromatic N) is 2. The van der Waals surface area contributed by atoms with Crippen LogP contribution in [0.1, 0.15) is 46.9 Å². The minimum Gasteiger partial charge on any atom is -0.483 e. The van der Waals surface area contributed by atoms with Crippen LogP contribution in [-0.2, 0) is 11.2 Å². The van der Waals surface area contributed by atoms with E-state index in [9.17, 15) is 4.79 Å². The number of hydrogen-bond acceptors (Lipinski definition) is 4. The highest BCUT2D eigenvalue weighted by molar-refractivity contribution is 6.03. The first-order valence-corrected chi connectivity index (χ1v) is 10.6. The van der Waals surface area contributed by atoms with Gasteiger partial charge in [-0.15, -0.1) is 0 Å². The summed E-state index contributed by atoms with van der Waals surface area (Å²) in [6, 6.07) is 17.6. The number of fused-ring (bicyclic) bond motifs is 1. The largest absolute Gasteiger partial charge is 0.483 e. The molecule has 1 aliphatic heterocycles. The van der Waals surface area contributed by atoms with Crippen molar-refractivity contribution >= 4 is 17.7 Å². The Morgan fingerprint density at radius 1 is 1.16 bits per heavy atom. The molecule has 2 aromatic carbocycles. The van der Waals surface area contributed by atoms with E-state index in [0.717, 1.165) is 46.8 Å². The van der Waals surface area contributed by atoms with Crippen LogP contribution < -0.4 is 4.74 Å². The van der Waals surface area contributed by atoms with Gasteiger partial charge in [-0.1, -0.05) is 54.1 Å². The van der Waals surface area contributed by atoms with E-state index in [1.165, 1.54) is 10.6 Å². The van der Waals surface area contributed by atoms with E-state index in [1.807, 2.05) is 36.4 Å². The summed E-state index contributed by atoms with van der Waals surface area (Å²) >= 11 is 0. The van der Waals surface area contributed by atoms with Crippen molar-refractivity contribution in [2.45, 2.75) is 32.2 Å². The van der Waals surface area contributed by atoms with Crippen LogP contribution in [0.5, 0.6) is 5.75 Å². The second kappa shape index (κ2) is 8.26. The van der Waals surface area contributed by atoms with Crippen LogP contribution in [0.2, 0.25) is 0 Å². The van der Waals surface area contributed by atoms with Gasteiger partial charge in [-0.2, -0.15) is 5.10 Å². The minimum absolute atomic E-state index is 0.0674. The van der Waals surface area contributed by atoms with Gasteiger partial charge in [-0.3, -0.25) is 4.79 Å². The van der Waals surface area contributed by atoms with Crippen molar-refractivity contribution in [3.63, 3.8) is 0 Å². The maximum Gasteiger partial charge on any atom is 0.281 e. The molecule has 1 atom stereocenters. The molecular weight excluding hydrogens is 388 g/mol. The van der Waals surface area contributed by atoms with Gasteiger partial charge in [0.25, 0.3) is 5.91 Å². The highest BCUT2D eigenvalue weighted by Gasteiger charge is 2.35. The number of carbonyl (C=O) groups excluding carboxylic acids is 1. The van der Waals surface area contributed by atoms with Gasteiger partial charge in [0.05, 0.1) is 12.0 Å². The fraction of sp³-hybridized carbons (Fsp3) is 0.231. The van der Waals surface area contributed by atoms with Gasteiger partial charge in [-0.25, -0.2) is 5.01 Å². The number of benzene rings is 2. The predicted molar refractivity (Wildman–Crippen MR) is 120 cm³/mol. The zero-order valence-electron chi connectivity index (χ0n) is 17.5. The molecule has 0 saturated heterocycles. The van der Waals surface area contributed by atoms with Crippen molar-refractivity contribution in [2.24, 2.45) is 5.10 Å². The molecule has 0 N–H and O–H groups in total. The quantitative estimate of drug-likeness (QED) is 0.571. The second-order valence-electron chi connectivity index (χ2n) is 7.94. The molecular formula is C26H24N2O3. The number of furan rings is 1. The van der Waals surface area contributed by atoms with Crippen LogP contribution in [-0.4, -0.2) is 23.2 Å². The minimum atomic E-state index is -0.268. The lowest BCUT2D eigenvalue weighted by Gasteiger charge is -2.21. The lowest BCUT2D eigenvalue weighted by atomic mass is 9.97. The summed E-state index contributed by atoms with van der Waals surface area (Å²) in [5.74, 6) is 1.31. The van der Waals surface area contributed by atoms with Gasteiger partial charge < -0.3 is 9.15 Å². The first-order chi connectivity index (χ1) is 15.2. The SMILES string of the molecule is Cc1ccc(C2=NN(C(=O)COc3cccc4c3CCC=C4)[C@@H](c3ccco3)C2)cc1. The fourth-order valence-electron chi connectivity index (χ4n) is 4.15. The first kappa shape index (κ1) is 19.4. The lowest BCUT2D eigenvalue weighted by molar-refractivity contribution is -0.135. The molecule has 2 aliphatic rings. The molecule has 0 radical (unpaired) electrons. The second-order valence-corrected chi connectivity index (χ2v) is 7.94. The molecule has 0 bridgehead atoms. The summed E-state index contributed by atoms with van der Waals surface area (Å²) in [6.07, 6.45) is 8.41. The Morgan fingerprint density at radius 2 is 2.03 bits per heavy atom. The summed E-state index contributed by atoms with van der Waals surface area (Å²) in [5, 5.41) is 6.19. The highest BCUT2D eigenvalue weighted by Crippen LogP contribution is 2.34. The van der Waals surface area contributed by atoms with Crippen LogP contribution in [0.15, 0.2) is 76.5 Å². The van der Waals surface area contributed by atoms with Gasteiger partial charge >= 0.3 is 0 Å². The molecule has 31 heavy (non-hydrogen) atoms. The van der Waals surface area contributed by atoms with E-state index >= 15 is 0 Å². The molecule has 0 fully saturated rings. The Hall–Kier alpha value is -3.60. The van der Waals surface area contributed by atoms with Crippen LogP contribution in [0.3, 0.4) is 0 Å². The third-order valence-electron chi connectivity index (χ3n) is 5.80. The van der Waals surface area contributed by atoms with Crippen molar-refractivity contribution in [2.75, 3.05) is 6.61 Å². The molecule has 3 aromatic rings. The van der Waals surface area contributed by atoms with Gasteiger partial charge in [0.1, 0.15) is 17.6 Å². The zero-order chi connectivity index (χ0) is 21.2. The van der Waals surface area contributed by atoms with Crippen LogP contribution >= 0.6 is 0 Å². The molecule has 1 aromatic heterocycles. The summed E-state index contributed by atoms with van der Waals surface area (Å²) in [7, 11) is 0. The molecule has 0 saturated carbocycles. The van der Waals surface area contributed by atoms with E-state index in [4.69, 9.17) is 9.15 Å². The topological polar surface area (TPSA) is 55.0 Å². The number of allylic oxidation sites excluding steroid dienone is 1. The number of hydrogen-bond donors (Lipinski definition) is 0. The molecule has 0 unspecified atom stereocenters. The van der Waals surface area contributed by atoms with E-state index in [0.29, 0.717) is 6.42 Å². The summed E-state index contributed by atoms with van der Waals surface area (Å²) in [5.41, 5.74) is 5.39. The van der Waals surface area contributed by atoms with Crippen LogP contribution in [0.4, 0.5) is 0 Å². The lowest BCUT2D eigenvalue weighted by Crippen LogP contribution is -2.31. The summed E-state index contributed by atoms with van der Waals surface area (Å²) in [4.78, 5) is 13.2. The number of hydrazone groups is 1. The molecule has 1 aliphatic carbocycles. The molecule has 1 amide bonds. The standard InChI is InChI=1S/C26H24N2O3/c1-18-11-13-20(14-12-18)22-16-23(25-10-5-15-30-25)28(27-22)26(29)17-31-24-9-4-7-19-6-2-3-8-21(19)24/h2,4-7,9-15,23H,3,8,16-17H2,1H3/t23-/m1/s1. The third kappa shape index (κ3) is 3.91. The summed E-state index contributed by atoms with van der Waals surface area (Å²) in [6.45, 7) is 1.99. The maximum absolute atomic E-state index is 13.2. The smallest absolute Gasteiger partial charge is 0.281 e. The monoisotopic (exact) mass is 412 g/mol. The molecule has 2 heterocycles. The van der Waals surface area contributed by atoms with Gasteiger partial charge in [-0.05, 0) is 49.1 Å². The van der Waals surface area contributed by atoms with Crippen molar-refractivity contribution in [1.29, 1.82) is 0 Å². The average Bonchev–Trinajstić information content (AvgIpc) is 3.48. The Balaban J connectivity index is 1.37. The molecule has 5 nitrogen and oxygen atoms in total. The van der Waals surface area contributed by atoms with E-state index in [-0.39, 0.29) is 18.6 Å². The van der Waals surface area contributed by atoms with Gasteiger partial charge in [0, 0.05) is 12.0 Å². The Bertz CT molecular complexity index is 1140. The Kier molecular flexibility index (Phi) is 5.16. The third-order valence-corrected chi connectivity index (χ3v) is 5.80. The van der Waals surface area contributed by atoms with E-state index < -0.39 is 0 Å². The first-order valence-electron chi connectivity index (χ1n) is 10.6. The van der Waals surface area contributed by atoms with E-state index in [2.05, 4.69) is 42.4 Å². The van der Waals surface area contributed by atoms with E-state index in [1.54, 1.807) is 6.26 Å². The summed E-state index contributed by atoms with van der Waals surface area (Å²) < 4.78 is 11.6. The number of rotatable bonds is 5. The molecule has 5 heteroatoms. The van der Waals surface area contributed by atoms with Crippen LogP contribution in [0, 0.1) is 6.92 Å². The van der Waals surface area contributed by atoms with Crippen molar-refractivity contribution in [3.8, 4) is 5.75 Å². The van der Waals surface area contributed by atoms with Crippen molar-refractivity contribution in [1.82, 2.24) is 5.01 Å². The molecule has 5 rings (SSSR count). The molecule has 156 valence electrons. The maximum atomic E-state index is 13.2. The number of amides is 1. The Morgan fingerprint density at radius 3 is 2.84 bits per heavy atom. The van der Waals surface area contributed by atoms with Crippen LogP contribution in [0.25, 0.3) is 6.08 Å². The van der Waals surface area contributed by atoms with Crippen molar-refractivity contribution < 1.29 is 13.9 Å². The number of aryl methyl sites for hydroxylation is 1. The average molecular weight is 412 g/mol. The predicted octanol–water partition coefficient (Wildman–Crippen LogP) is 5.30. The van der Waals surface area contributed by atoms with Gasteiger partial charge in [0.2, 0.25) is 0 Å². The highest BCUT2D eigenvalue weighted by atomic mass is 16.5. The fourth-order valence-corrected chi connectivity index (χ4v) is 4.15. The number of carbonyl (C=O) groups is 1. The van der Waals surface area contributed by atoms with Gasteiger partial charge in [0.15, 0.2) is 6.61 Å². The number of ether oxygens (including phenoxy) is 1. The zero-order valence-corrected chi connectivity index (χ0v) is 17.5. The van der Waals surface area contributed by atoms with Crippen molar-refractivity contribution in [3.05, 3.63) is 95.0 Å². The molecule has 0 spiro atoms.